The van der Waals surface area contributed by atoms with Gasteiger partial charge in [-0.3, -0.25) is 0 Å². The fraction of sp³-hybridized carbons (Fsp3) is 0.500. The van der Waals surface area contributed by atoms with Crippen molar-refractivity contribution >= 4 is 21.4 Å². The molecule has 1 rings (SSSR count). The lowest BCUT2D eigenvalue weighted by atomic mass is 10.2. The van der Waals surface area contributed by atoms with E-state index in [0.29, 0.717) is 6.61 Å². The van der Waals surface area contributed by atoms with Gasteiger partial charge in [-0.2, -0.15) is 0 Å². The van der Waals surface area contributed by atoms with E-state index < -0.39 is 10.0 Å². The Bertz CT molecular complexity index is 540. The van der Waals surface area contributed by atoms with Crippen LogP contribution in [0.25, 0.3) is 0 Å². The largest absolute Gasteiger partial charge is 0.384 e. The summed E-state index contributed by atoms with van der Waals surface area (Å²) in [5, 5.41) is 10.5. The summed E-state index contributed by atoms with van der Waals surface area (Å²) < 4.78 is 30.9. The Hall–Kier alpha value is -0.910. The van der Waals surface area contributed by atoms with E-state index in [1.165, 1.54) is 11.3 Å². The average Bonchev–Trinajstić information content (AvgIpc) is 2.82. The molecule has 0 spiro atoms. The zero-order chi connectivity index (χ0) is 14.1. The molecule has 1 aromatic rings. The first-order chi connectivity index (χ1) is 9.09. The van der Waals surface area contributed by atoms with Gasteiger partial charge in [-0.1, -0.05) is 11.8 Å². The first-order valence-electron chi connectivity index (χ1n) is 5.80. The van der Waals surface area contributed by atoms with Crippen LogP contribution in [0.1, 0.15) is 17.4 Å². The zero-order valence-electron chi connectivity index (χ0n) is 10.7. The lowest BCUT2D eigenvalue weighted by Crippen LogP contribution is -2.28. The quantitative estimate of drug-likeness (QED) is 0.570. The van der Waals surface area contributed by atoms with Gasteiger partial charge < -0.3 is 9.84 Å². The maximum Gasteiger partial charge on any atom is 0.214 e. The van der Waals surface area contributed by atoms with Gasteiger partial charge in [0.1, 0.15) is 6.61 Å². The molecule has 0 amide bonds. The number of aliphatic hydroxyl groups is 1. The molecule has 0 aromatic carbocycles. The normalized spacial score (nSPS) is 11.1. The highest BCUT2D eigenvalue weighted by Gasteiger charge is 2.11. The van der Waals surface area contributed by atoms with E-state index >= 15 is 0 Å². The first-order valence-corrected chi connectivity index (χ1v) is 8.33. The number of thiophene rings is 1. The third kappa shape index (κ3) is 6.18. The van der Waals surface area contributed by atoms with Gasteiger partial charge in [0.05, 0.1) is 12.4 Å². The molecule has 0 bridgehead atoms. The molecule has 0 aliphatic carbocycles. The molecule has 106 valence electrons. The van der Waals surface area contributed by atoms with Crippen LogP contribution in [-0.2, 0) is 21.3 Å². The van der Waals surface area contributed by atoms with E-state index in [1.54, 1.807) is 6.07 Å². The van der Waals surface area contributed by atoms with E-state index in [0.717, 1.165) is 10.4 Å². The number of nitrogens with one attached hydrogen (secondary N) is 1. The second-order valence-corrected chi connectivity index (χ2v) is 6.48. The minimum atomic E-state index is -3.33. The lowest BCUT2D eigenvalue weighted by molar-refractivity contribution is 0.163. The van der Waals surface area contributed by atoms with Crippen molar-refractivity contribution in [2.75, 3.05) is 25.6 Å². The van der Waals surface area contributed by atoms with Crippen LogP contribution in [-0.4, -0.2) is 39.1 Å². The minimum Gasteiger partial charge on any atom is -0.384 e. The van der Waals surface area contributed by atoms with Crippen molar-refractivity contribution in [2.24, 2.45) is 0 Å². The average molecular weight is 303 g/mol. The minimum absolute atomic E-state index is 0.0517. The van der Waals surface area contributed by atoms with Gasteiger partial charge in [-0.15, -0.1) is 11.3 Å². The Balaban J connectivity index is 2.54. The van der Waals surface area contributed by atoms with Gasteiger partial charge in [0.2, 0.25) is 10.0 Å². The van der Waals surface area contributed by atoms with E-state index in [4.69, 9.17) is 9.84 Å². The molecule has 0 unspecified atom stereocenters. The van der Waals surface area contributed by atoms with E-state index in [9.17, 15) is 8.42 Å². The zero-order valence-corrected chi connectivity index (χ0v) is 12.3. The highest BCUT2D eigenvalue weighted by Crippen LogP contribution is 2.15. The Morgan fingerprint density at radius 1 is 1.53 bits per heavy atom. The van der Waals surface area contributed by atoms with Crippen molar-refractivity contribution in [3.63, 3.8) is 0 Å². The predicted octanol–water partition coefficient (Wildman–Crippen LogP) is 0.548. The van der Waals surface area contributed by atoms with Crippen LogP contribution in [0, 0.1) is 11.8 Å². The van der Waals surface area contributed by atoms with Gasteiger partial charge in [0.15, 0.2) is 0 Å². The number of aliphatic hydroxyl groups excluding tert-OH is 1. The summed E-state index contributed by atoms with van der Waals surface area (Å²) >= 11 is 1.43. The highest BCUT2D eigenvalue weighted by atomic mass is 32.2. The van der Waals surface area contributed by atoms with Crippen molar-refractivity contribution < 1.29 is 18.3 Å². The summed E-state index contributed by atoms with van der Waals surface area (Å²) in [6.07, 6.45) is 0. The smallest absolute Gasteiger partial charge is 0.214 e. The number of hydrogen-bond donors (Lipinski definition) is 2. The standard InChI is InChI=1S/C12H17NO4S2/c1-2-17-7-9-19(15,16)13-10-12-11(4-3-6-14)5-8-18-12/h5,8,13-14H,2,6-7,9-10H2,1H3. The number of hydrogen-bond acceptors (Lipinski definition) is 5. The fourth-order valence-electron chi connectivity index (χ4n) is 1.28. The summed E-state index contributed by atoms with van der Waals surface area (Å²) in [4.78, 5) is 0.834. The summed E-state index contributed by atoms with van der Waals surface area (Å²) in [5.74, 6) is 5.28. The topological polar surface area (TPSA) is 75.6 Å². The molecule has 0 radical (unpaired) electrons. The fourth-order valence-corrected chi connectivity index (χ4v) is 2.99. The van der Waals surface area contributed by atoms with Crippen LogP contribution in [0.4, 0.5) is 0 Å². The molecule has 2 N–H and O–H groups in total. The van der Waals surface area contributed by atoms with Crippen LogP contribution >= 0.6 is 11.3 Å². The van der Waals surface area contributed by atoms with Gasteiger partial charge in [0.25, 0.3) is 0 Å². The van der Waals surface area contributed by atoms with Crippen molar-refractivity contribution in [2.45, 2.75) is 13.5 Å². The molecule has 1 aromatic heterocycles. The molecule has 19 heavy (non-hydrogen) atoms. The van der Waals surface area contributed by atoms with E-state index in [-0.39, 0.29) is 25.5 Å². The summed E-state index contributed by atoms with van der Waals surface area (Å²) in [6, 6.07) is 1.80. The Morgan fingerprint density at radius 3 is 3.00 bits per heavy atom. The van der Waals surface area contributed by atoms with Crippen LogP contribution < -0.4 is 4.72 Å². The van der Waals surface area contributed by atoms with Crippen molar-refractivity contribution in [1.29, 1.82) is 0 Å². The molecule has 0 saturated heterocycles. The Labute approximate surface area is 117 Å². The summed E-state index contributed by atoms with van der Waals surface area (Å²) in [6.45, 7) is 2.50. The van der Waals surface area contributed by atoms with Crippen molar-refractivity contribution in [3.8, 4) is 11.8 Å². The Kier molecular flexibility index (Phi) is 7.05. The van der Waals surface area contributed by atoms with E-state index in [2.05, 4.69) is 16.6 Å². The third-order valence-electron chi connectivity index (χ3n) is 2.20. The van der Waals surface area contributed by atoms with Crippen LogP contribution in [0.2, 0.25) is 0 Å². The SMILES string of the molecule is CCOCCS(=O)(=O)NCc1sccc1C#CCO. The second kappa shape index (κ2) is 8.30. The second-order valence-electron chi connectivity index (χ2n) is 3.55. The van der Waals surface area contributed by atoms with Crippen molar-refractivity contribution in [3.05, 3.63) is 21.9 Å². The van der Waals surface area contributed by atoms with Gasteiger partial charge in [0, 0.05) is 23.6 Å². The third-order valence-corrected chi connectivity index (χ3v) is 4.41. The van der Waals surface area contributed by atoms with E-state index in [1.807, 2.05) is 12.3 Å². The van der Waals surface area contributed by atoms with Gasteiger partial charge in [-0.05, 0) is 18.4 Å². The number of sulfonamides is 1. The molecule has 1 heterocycles. The molecule has 0 saturated carbocycles. The maximum atomic E-state index is 11.7. The number of rotatable bonds is 7. The summed E-state index contributed by atoms with van der Waals surface area (Å²) in [7, 11) is -3.33. The van der Waals surface area contributed by atoms with Crippen molar-refractivity contribution in [1.82, 2.24) is 4.72 Å². The molecule has 0 atom stereocenters. The monoisotopic (exact) mass is 303 g/mol. The Morgan fingerprint density at radius 2 is 2.32 bits per heavy atom. The molecule has 0 aliphatic rings. The highest BCUT2D eigenvalue weighted by molar-refractivity contribution is 7.89. The molecule has 0 aliphatic heterocycles. The predicted molar refractivity (Wildman–Crippen MR) is 75.4 cm³/mol. The molecular formula is C12H17NO4S2. The molecule has 0 fully saturated rings. The van der Waals surface area contributed by atoms with Crippen LogP contribution in [0.5, 0.6) is 0 Å². The van der Waals surface area contributed by atoms with Crippen LogP contribution in [0.3, 0.4) is 0 Å². The molecular weight excluding hydrogens is 286 g/mol. The lowest BCUT2D eigenvalue weighted by Gasteiger charge is -2.06. The molecule has 5 nitrogen and oxygen atoms in total. The van der Waals surface area contributed by atoms with Crippen LogP contribution in [0.15, 0.2) is 11.4 Å². The summed E-state index contributed by atoms with van der Waals surface area (Å²) in [5.41, 5.74) is 0.742. The first kappa shape index (κ1) is 16.1. The maximum absolute atomic E-state index is 11.7. The van der Waals surface area contributed by atoms with Gasteiger partial charge >= 0.3 is 0 Å². The van der Waals surface area contributed by atoms with Gasteiger partial charge in [-0.25, -0.2) is 13.1 Å². The number of ether oxygens (including phenoxy) is 1. The molecule has 7 heteroatoms.